The fourth-order valence-corrected chi connectivity index (χ4v) is 3.40. The Bertz CT molecular complexity index is 1150. The Labute approximate surface area is 180 Å². The number of hydrogen-bond donors (Lipinski definition) is 2. The van der Waals surface area contributed by atoms with Crippen molar-refractivity contribution in [2.24, 2.45) is 11.0 Å². The predicted octanol–water partition coefficient (Wildman–Crippen LogP) is 3.47. The van der Waals surface area contributed by atoms with Crippen molar-refractivity contribution in [2.75, 3.05) is 6.79 Å². The van der Waals surface area contributed by atoms with Crippen LogP contribution in [0.1, 0.15) is 29.8 Å². The Hall–Kier alpha value is -3.87. The van der Waals surface area contributed by atoms with Gasteiger partial charge >= 0.3 is 0 Å². The molecule has 0 aromatic heterocycles. The number of nitrogens with zero attached hydrogens (tertiary/aromatic N) is 1. The topological polar surface area (TPSA) is 89.0 Å². The highest BCUT2D eigenvalue weighted by atomic mass is 16.7. The molecule has 1 heterocycles. The second kappa shape index (κ2) is 8.87. The number of carbonyl (C=O) groups is 2. The first-order chi connectivity index (χ1) is 15.0. The highest BCUT2D eigenvalue weighted by Crippen LogP contribution is 2.32. The van der Waals surface area contributed by atoms with Crippen LogP contribution in [0.15, 0.2) is 65.8 Å². The maximum atomic E-state index is 12.7. The molecule has 7 nitrogen and oxygen atoms in total. The third-order valence-electron chi connectivity index (χ3n) is 5.07. The fraction of sp³-hybridized carbons (Fsp3) is 0.208. The van der Waals surface area contributed by atoms with Crippen LogP contribution in [-0.2, 0) is 4.79 Å². The largest absolute Gasteiger partial charge is 0.454 e. The Morgan fingerprint density at radius 3 is 2.61 bits per heavy atom. The van der Waals surface area contributed by atoms with Gasteiger partial charge in [0.25, 0.3) is 11.8 Å². The molecule has 2 N–H and O–H groups in total. The van der Waals surface area contributed by atoms with Crippen molar-refractivity contribution in [3.05, 3.63) is 71.8 Å². The summed E-state index contributed by atoms with van der Waals surface area (Å²) in [6.45, 7) is 3.85. The first kappa shape index (κ1) is 20.4. The van der Waals surface area contributed by atoms with E-state index in [0.29, 0.717) is 17.1 Å². The van der Waals surface area contributed by atoms with Crippen molar-refractivity contribution in [1.82, 2.24) is 10.7 Å². The molecule has 0 saturated carbocycles. The van der Waals surface area contributed by atoms with E-state index < -0.39 is 6.04 Å². The molecular weight excluding hydrogens is 394 g/mol. The van der Waals surface area contributed by atoms with E-state index in [9.17, 15) is 9.59 Å². The summed E-state index contributed by atoms with van der Waals surface area (Å²) in [5, 5.41) is 9.02. The van der Waals surface area contributed by atoms with Crippen LogP contribution >= 0.6 is 0 Å². The van der Waals surface area contributed by atoms with Crippen LogP contribution in [0.5, 0.6) is 11.5 Å². The maximum Gasteiger partial charge on any atom is 0.262 e. The zero-order valence-corrected chi connectivity index (χ0v) is 17.3. The van der Waals surface area contributed by atoms with Crippen LogP contribution in [0.2, 0.25) is 0 Å². The minimum Gasteiger partial charge on any atom is -0.454 e. The van der Waals surface area contributed by atoms with E-state index in [1.54, 1.807) is 24.4 Å². The smallest absolute Gasteiger partial charge is 0.262 e. The highest BCUT2D eigenvalue weighted by Gasteiger charge is 2.25. The van der Waals surface area contributed by atoms with Gasteiger partial charge in [0.15, 0.2) is 11.5 Å². The lowest BCUT2D eigenvalue weighted by Gasteiger charge is -2.20. The maximum absolute atomic E-state index is 12.7. The molecule has 7 heteroatoms. The molecule has 0 spiro atoms. The monoisotopic (exact) mass is 417 g/mol. The molecule has 0 bridgehead atoms. The molecule has 4 rings (SSSR count). The molecule has 1 aliphatic heterocycles. The molecule has 31 heavy (non-hydrogen) atoms. The quantitative estimate of drug-likeness (QED) is 0.475. The first-order valence-corrected chi connectivity index (χ1v) is 10.0. The second-order valence-electron chi connectivity index (χ2n) is 7.57. The Kier molecular flexibility index (Phi) is 5.84. The van der Waals surface area contributed by atoms with Crippen LogP contribution in [0.25, 0.3) is 10.8 Å². The van der Waals surface area contributed by atoms with Crippen LogP contribution in [0.4, 0.5) is 0 Å². The van der Waals surface area contributed by atoms with Crippen LogP contribution in [0, 0.1) is 5.92 Å². The third kappa shape index (κ3) is 4.50. The number of rotatable bonds is 6. The summed E-state index contributed by atoms with van der Waals surface area (Å²) in [6, 6.07) is 18.0. The normalized spacial score (nSPS) is 13.5. The molecule has 3 aromatic carbocycles. The van der Waals surface area contributed by atoms with Crippen molar-refractivity contribution in [1.29, 1.82) is 0 Å². The Morgan fingerprint density at radius 2 is 1.77 bits per heavy atom. The van der Waals surface area contributed by atoms with E-state index in [2.05, 4.69) is 15.8 Å². The van der Waals surface area contributed by atoms with Crippen LogP contribution < -0.4 is 20.2 Å². The van der Waals surface area contributed by atoms with E-state index >= 15 is 0 Å². The van der Waals surface area contributed by atoms with E-state index in [-0.39, 0.29) is 24.5 Å². The summed E-state index contributed by atoms with van der Waals surface area (Å²) < 4.78 is 10.6. The Balaban J connectivity index is 1.43. The van der Waals surface area contributed by atoms with Crippen LogP contribution in [-0.4, -0.2) is 30.9 Å². The van der Waals surface area contributed by atoms with Gasteiger partial charge in [-0.05, 0) is 34.9 Å². The lowest BCUT2D eigenvalue weighted by Crippen LogP contribution is -2.48. The molecule has 0 fully saturated rings. The Morgan fingerprint density at radius 1 is 1.00 bits per heavy atom. The van der Waals surface area contributed by atoms with E-state index in [0.717, 1.165) is 16.3 Å². The van der Waals surface area contributed by atoms with E-state index in [4.69, 9.17) is 9.47 Å². The van der Waals surface area contributed by atoms with Crippen molar-refractivity contribution in [3.8, 4) is 11.5 Å². The SMILES string of the molecule is CC(C)C(NC(=O)c1ccc2c(c1)OCO2)C(=O)NN=Cc1cccc2ccccc12. The lowest BCUT2D eigenvalue weighted by atomic mass is 10.0. The molecule has 1 aliphatic rings. The number of nitrogens with one attached hydrogen (secondary N) is 2. The summed E-state index contributed by atoms with van der Waals surface area (Å²) >= 11 is 0. The first-order valence-electron chi connectivity index (χ1n) is 10.0. The second-order valence-corrected chi connectivity index (χ2v) is 7.57. The predicted molar refractivity (Wildman–Crippen MR) is 118 cm³/mol. The van der Waals surface area contributed by atoms with Gasteiger partial charge in [0.1, 0.15) is 6.04 Å². The summed E-state index contributed by atoms with van der Waals surface area (Å²) in [5.41, 5.74) is 3.83. The number of hydrazone groups is 1. The van der Waals surface area contributed by atoms with Gasteiger partial charge < -0.3 is 14.8 Å². The van der Waals surface area contributed by atoms with Crippen LogP contribution in [0.3, 0.4) is 0 Å². The highest BCUT2D eigenvalue weighted by molar-refractivity contribution is 6.00. The minimum atomic E-state index is -0.748. The molecule has 0 saturated heterocycles. The summed E-state index contributed by atoms with van der Waals surface area (Å²) in [5.74, 6) is 0.215. The van der Waals surface area contributed by atoms with Gasteiger partial charge in [0, 0.05) is 11.1 Å². The van der Waals surface area contributed by atoms with Crippen molar-refractivity contribution >= 4 is 28.8 Å². The standard InChI is InChI=1S/C24H23N3O4/c1-15(2)22(26-23(28)17-10-11-20-21(12-17)31-14-30-20)24(29)27-25-13-18-8-5-7-16-6-3-4-9-19(16)18/h3-13,15,22H,14H2,1-2H3,(H,26,28)(H,27,29). The fourth-order valence-electron chi connectivity index (χ4n) is 3.40. The third-order valence-corrected chi connectivity index (χ3v) is 5.07. The minimum absolute atomic E-state index is 0.131. The average molecular weight is 417 g/mol. The van der Waals surface area contributed by atoms with Crippen molar-refractivity contribution in [3.63, 3.8) is 0 Å². The van der Waals surface area contributed by atoms with Gasteiger partial charge in [0.2, 0.25) is 6.79 Å². The zero-order valence-electron chi connectivity index (χ0n) is 17.3. The van der Waals surface area contributed by atoms with Crippen molar-refractivity contribution in [2.45, 2.75) is 19.9 Å². The number of fused-ring (bicyclic) bond motifs is 2. The number of ether oxygens (including phenoxy) is 2. The molecule has 0 radical (unpaired) electrons. The molecule has 158 valence electrons. The number of amides is 2. The average Bonchev–Trinajstić information content (AvgIpc) is 3.25. The van der Waals surface area contributed by atoms with Gasteiger partial charge in [-0.3, -0.25) is 9.59 Å². The molecule has 1 atom stereocenters. The van der Waals surface area contributed by atoms with Gasteiger partial charge in [-0.2, -0.15) is 5.10 Å². The number of benzene rings is 3. The summed E-state index contributed by atoms with van der Waals surface area (Å²) in [4.78, 5) is 25.4. The van der Waals surface area contributed by atoms with Gasteiger partial charge in [-0.1, -0.05) is 56.3 Å². The summed E-state index contributed by atoms with van der Waals surface area (Å²) in [7, 11) is 0. The van der Waals surface area contributed by atoms with Gasteiger partial charge in [-0.25, -0.2) is 5.43 Å². The number of carbonyl (C=O) groups excluding carboxylic acids is 2. The molecule has 3 aromatic rings. The molecular formula is C24H23N3O4. The number of hydrogen-bond acceptors (Lipinski definition) is 5. The van der Waals surface area contributed by atoms with Gasteiger partial charge in [0.05, 0.1) is 6.21 Å². The van der Waals surface area contributed by atoms with E-state index in [1.165, 1.54) is 0 Å². The molecule has 1 unspecified atom stereocenters. The van der Waals surface area contributed by atoms with Gasteiger partial charge in [-0.15, -0.1) is 0 Å². The van der Waals surface area contributed by atoms with E-state index in [1.807, 2.05) is 56.3 Å². The van der Waals surface area contributed by atoms with Crippen molar-refractivity contribution < 1.29 is 19.1 Å². The molecule has 2 amide bonds. The lowest BCUT2D eigenvalue weighted by molar-refractivity contribution is -0.123. The zero-order chi connectivity index (χ0) is 21.8. The summed E-state index contributed by atoms with van der Waals surface area (Å²) in [6.07, 6.45) is 1.61. The molecule has 0 aliphatic carbocycles.